The van der Waals surface area contributed by atoms with E-state index in [2.05, 4.69) is 218 Å². The van der Waals surface area contributed by atoms with Crippen molar-refractivity contribution >= 4 is 32.7 Å². The van der Waals surface area contributed by atoms with Crippen molar-refractivity contribution in [1.29, 1.82) is 0 Å². The lowest BCUT2D eigenvalue weighted by Crippen LogP contribution is -2.15. The average Bonchev–Trinajstić information content (AvgIpc) is 3.82. The molecule has 1 atom stereocenters. The summed E-state index contributed by atoms with van der Waals surface area (Å²) in [5.41, 5.74) is 18.4. The molecule has 1 aliphatic rings. The van der Waals surface area contributed by atoms with Crippen LogP contribution < -0.4 is 0 Å². The maximum Gasteiger partial charge on any atom is 0.135 e. The van der Waals surface area contributed by atoms with Gasteiger partial charge in [0.05, 0.1) is 0 Å². The van der Waals surface area contributed by atoms with Gasteiger partial charge in [0, 0.05) is 16.2 Å². The zero-order valence-corrected chi connectivity index (χ0v) is 38.5. The molecule has 0 saturated carbocycles. The van der Waals surface area contributed by atoms with Crippen molar-refractivity contribution in [2.24, 2.45) is 0 Å². The standard InChI is InChI=1S/C35H30O.C13H12.C8H10.C7H8/c1-21(25-13-9-15-32-34(25)28-12-7-8-14-31(28)36-32)18-23-16-17-27-29(20-23)35(3,4)30-19-22(2)24-10-5-6-11-26(24)33(27)30;1-11-7-9-13(10-8-11)12-5-3-2-4-6-12;1-2-8-6-4-3-5-7-8;1-7-5-3-2-4-6-7/h5-17,19-21H,18H2,1-4H3;2-10H,1H3;3-7H,2H2,1H3;2-6H,1H3. The minimum absolute atomic E-state index is 0.0144. The summed E-state index contributed by atoms with van der Waals surface area (Å²) in [6.45, 7) is 15.7. The fraction of sp³-hybridized carbons (Fsp3) is 0.175. The molecule has 1 heterocycles. The number of para-hydroxylation sites is 1. The summed E-state index contributed by atoms with van der Waals surface area (Å²) in [5, 5.41) is 5.20. The molecule has 1 aliphatic carbocycles. The van der Waals surface area contributed by atoms with Crippen LogP contribution in [0.3, 0.4) is 0 Å². The molecule has 0 amide bonds. The van der Waals surface area contributed by atoms with Gasteiger partial charge in [-0.15, -0.1) is 0 Å². The first-order chi connectivity index (χ1) is 31.1. The highest BCUT2D eigenvalue weighted by atomic mass is 16.3. The van der Waals surface area contributed by atoms with Gasteiger partial charge in [0.2, 0.25) is 0 Å². The lowest BCUT2D eigenvalue weighted by Gasteiger charge is -2.23. The Labute approximate surface area is 381 Å². The highest BCUT2D eigenvalue weighted by Crippen LogP contribution is 2.52. The molecule has 1 nitrogen and oxygen atoms in total. The Bertz CT molecular complexity index is 3100. The van der Waals surface area contributed by atoms with E-state index < -0.39 is 0 Å². The van der Waals surface area contributed by atoms with Crippen LogP contribution in [0.4, 0.5) is 0 Å². The molecule has 1 unspecified atom stereocenters. The van der Waals surface area contributed by atoms with Gasteiger partial charge in [-0.25, -0.2) is 0 Å². The van der Waals surface area contributed by atoms with Crippen molar-refractivity contribution in [3.63, 3.8) is 0 Å². The molecule has 0 fully saturated rings. The van der Waals surface area contributed by atoms with E-state index in [0.717, 1.165) is 24.0 Å². The van der Waals surface area contributed by atoms with Gasteiger partial charge in [0.25, 0.3) is 0 Å². The van der Waals surface area contributed by atoms with Crippen molar-refractivity contribution in [3.8, 4) is 22.3 Å². The first kappa shape index (κ1) is 43.7. The summed E-state index contributed by atoms with van der Waals surface area (Å²) in [6.07, 6.45) is 2.14. The van der Waals surface area contributed by atoms with Gasteiger partial charge in [0.1, 0.15) is 11.2 Å². The molecule has 0 spiro atoms. The molecular weight excluding hydrogens is 773 g/mol. The SMILES string of the molecule is CCc1ccccc1.Cc1cc2c(c3ccccc13)-c1ccc(CC(C)c3cccc4oc5ccccc5c34)cc1C2(C)C.Cc1ccc(-c2ccccc2)cc1.Cc1ccccc1. The summed E-state index contributed by atoms with van der Waals surface area (Å²) in [4.78, 5) is 0. The first-order valence-corrected chi connectivity index (χ1v) is 22.9. The van der Waals surface area contributed by atoms with Gasteiger partial charge in [-0.05, 0) is 118 Å². The lowest BCUT2D eigenvalue weighted by molar-refractivity contribution is 0.657. The second-order valence-corrected chi connectivity index (χ2v) is 17.8. The van der Waals surface area contributed by atoms with Crippen LogP contribution in [0.2, 0.25) is 0 Å². The van der Waals surface area contributed by atoms with Crippen molar-refractivity contribution in [2.45, 2.75) is 72.6 Å². The second-order valence-electron chi connectivity index (χ2n) is 17.8. The van der Waals surface area contributed by atoms with Crippen molar-refractivity contribution in [3.05, 3.63) is 251 Å². The molecule has 0 aliphatic heterocycles. The van der Waals surface area contributed by atoms with E-state index in [-0.39, 0.29) is 5.41 Å². The summed E-state index contributed by atoms with van der Waals surface area (Å²) in [7, 11) is 0. The third kappa shape index (κ3) is 9.51. The van der Waals surface area contributed by atoms with Gasteiger partial charge in [-0.1, -0.05) is 233 Å². The number of rotatable bonds is 5. The number of hydrogen-bond donors (Lipinski definition) is 0. The Balaban J connectivity index is 0.000000161. The van der Waals surface area contributed by atoms with Crippen molar-refractivity contribution < 1.29 is 4.42 Å². The Morgan fingerprint density at radius 1 is 0.469 bits per heavy atom. The van der Waals surface area contributed by atoms with Crippen LogP contribution in [0.1, 0.15) is 78.1 Å². The molecular formula is C63H60O. The Morgan fingerprint density at radius 2 is 1.03 bits per heavy atom. The Kier molecular flexibility index (Phi) is 13.4. The lowest BCUT2D eigenvalue weighted by atomic mass is 9.80. The molecule has 0 bridgehead atoms. The summed E-state index contributed by atoms with van der Waals surface area (Å²) < 4.78 is 6.16. The predicted molar refractivity (Wildman–Crippen MR) is 276 cm³/mol. The number of furan rings is 1. The van der Waals surface area contributed by atoms with Gasteiger partial charge in [-0.3, -0.25) is 0 Å². The molecule has 1 heteroatoms. The van der Waals surface area contributed by atoms with Gasteiger partial charge in [-0.2, -0.15) is 0 Å². The average molecular weight is 833 g/mol. The normalized spacial score (nSPS) is 12.5. The topological polar surface area (TPSA) is 13.1 Å². The third-order valence-corrected chi connectivity index (χ3v) is 12.8. The molecule has 0 N–H and O–H groups in total. The zero-order valence-electron chi connectivity index (χ0n) is 38.5. The van der Waals surface area contributed by atoms with Crippen LogP contribution in [0.25, 0.3) is 55.0 Å². The van der Waals surface area contributed by atoms with E-state index in [9.17, 15) is 0 Å². The van der Waals surface area contributed by atoms with E-state index in [4.69, 9.17) is 4.42 Å². The van der Waals surface area contributed by atoms with Gasteiger partial charge >= 0.3 is 0 Å². The number of fused-ring (bicyclic) bond motifs is 8. The van der Waals surface area contributed by atoms with Crippen LogP contribution in [0, 0.1) is 20.8 Å². The first-order valence-electron chi connectivity index (χ1n) is 22.9. The molecule has 318 valence electrons. The van der Waals surface area contributed by atoms with Crippen LogP contribution in [-0.4, -0.2) is 0 Å². The highest BCUT2D eigenvalue weighted by Gasteiger charge is 2.37. The summed E-state index contributed by atoms with van der Waals surface area (Å²) in [5.74, 6) is 0.378. The van der Waals surface area contributed by atoms with Crippen molar-refractivity contribution in [1.82, 2.24) is 0 Å². The minimum atomic E-state index is -0.0144. The molecule has 1 aromatic heterocycles. The van der Waals surface area contributed by atoms with Crippen molar-refractivity contribution in [2.75, 3.05) is 0 Å². The van der Waals surface area contributed by atoms with Crippen LogP contribution in [0.15, 0.2) is 211 Å². The summed E-state index contributed by atoms with van der Waals surface area (Å²) >= 11 is 0. The fourth-order valence-electron chi connectivity index (χ4n) is 9.24. The monoisotopic (exact) mass is 832 g/mol. The fourth-order valence-corrected chi connectivity index (χ4v) is 9.24. The predicted octanol–water partition coefficient (Wildman–Crippen LogP) is 17.6. The van der Waals surface area contributed by atoms with E-state index in [0.29, 0.717) is 5.92 Å². The van der Waals surface area contributed by atoms with Crippen LogP contribution >= 0.6 is 0 Å². The van der Waals surface area contributed by atoms with Crippen LogP contribution in [0.5, 0.6) is 0 Å². The number of aryl methyl sites for hydroxylation is 4. The molecule has 9 aromatic carbocycles. The van der Waals surface area contributed by atoms with E-state index in [1.54, 1.807) is 0 Å². The van der Waals surface area contributed by atoms with E-state index >= 15 is 0 Å². The maximum atomic E-state index is 6.16. The highest BCUT2D eigenvalue weighted by molar-refractivity contribution is 6.07. The Morgan fingerprint density at radius 3 is 1.67 bits per heavy atom. The number of hydrogen-bond acceptors (Lipinski definition) is 1. The van der Waals surface area contributed by atoms with Crippen LogP contribution in [-0.2, 0) is 18.3 Å². The molecule has 0 saturated heterocycles. The third-order valence-electron chi connectivity index (χ3n) is 12.8. The molecule has 64 heavy (non-hydrogen) atoms. The van der Waals surface area contributed by atoms with E-state index in [1.165, 1.54) is 88.3 Å². The molecule has 10 aromatic rings. The van der Waals surface area contributed by atoms with Gasteiger partial charge < -0.3 is 4.42 Å². The smallest absolute Gasteiger partial charge is 0.135 e. The largest absolute Gasteiger partial charge is 0.456 e. The number of benzene rings is 9. The summed E-state index contributed by atoms with van der Waals surface area (Å²) in [6, 6.07) is 73.1. The second kappa shape index (κ2) is 19.6. The minimum Gasteiger partial charge on any atom is -0.456 e. The van der Waals surface area contributed by atoms with Gasteiger partial charge in [0.15, 0.2) is 0 Å². The quantitative estimate of drug-likeness (QED) is 0.168. The van der Waals surface area contributed by atoms with E-state index in [1.807, 2.05) is 36.4 Å². The zero-order chi connectivity index (χ0) is 44.6. The molecule has 11 rings (SSSR count). The molecule has 0 radical (unpaired) electrons. The Hall–Kier alpha value is -6.96. The maximum absolute atomic E-state index is 6.16.